The van der Waals surface area contributed by atoms with Crippen molar-refractivity contribution in [2.45, 2.75) is 33.0 Å². The molecule has 1 aromatic heterocycles. The first kappa shape index (κ1) is 17.6. The molecule has 3 rings (SSSR count). The molecule has 0 atom stereocenters. The molecule has 0 amide bonds. The molecular formula is C19H24N2O4. The molecule has 1 saturated heterocycles. The zero-order valence-electron chi connectivity index (χ0n) is 14.9. The normalized spacial score (nSPS) is 16.1. The van der Waals surface area contributed by atoms with E-state index in [-0.39, 0.29) is 5.97 Å². The molecule has 0 aliphatic carbocycles. The highest BCUT2D eigenvalue weighted by molar-refractivity contribution is 6.05. The van der Waals surface area contributed by atoms with Gasteiger partial charge in [0, 0.05) is 24.5 Å². The quantitative estimate of drug-likeness (QED) is 0.811. The lowest BCUT2D eigenvalue weighted by Crippen LogP contribution is -2.28. The summed E-state index contributed by atoms with van der Waals surface area (Å²) in [7, 11) is 0. The number of aryl methyl sites for hydroxylation is 1. The number of ether oxygens (including phenoxy) is 3. The Bertz CT molecular complexity index is 769. The molecule has 1 aliphatic heterocycles. The highest BCUT2D eigenvalue weighted by atomic mass is 16.7. The van der Waals surface area contributed by atoms with Gasteiger partial charge in [-0.2, -0.15) is 0 Å². The maximum atomic E-state index is 12.3. The largest absolute Gasteiger partial charge is 0.462 e. The van der Waals surface area contributed by atoms with Crippen LogP contribution in [0.25, 0.3) is 10.9 Å². The van der Waals surface area contributed by atoms with Gasteiger partial charge in [-0.05, 0) is 26.3 Å². The highest BCUT2D eigenvalue weighted by Gasteiger charge is 2.30. The fraction of sp³-hybridized carbons (Fsp3) is 0.474. The van der Waals surface area contributed by atoms with Crippen molar-refractivity contribution in [1.82, 2.24) is 4.98 Å². The van der Waals surface area contributed by atoms with Crippen LogP contribution in [0.5, 0.6) is 0 Å². The third-order valence-corrected chi connectivity index (χ3v) is 4.37. The van der Waals surface area contributed by atoms with Crippen LogP contribution in [-0.2, 0) is 14.2 Å². The van der Waals surface area contributed by atoms with Gasteiger partial charge in [-0.1, -0.05) is 18.2 Å². The van der Waals surface area contributed by atoms with Gasteiger partial charge in [-0.25, -0.2) is 4.79 Å². The number of rotatable bonds is 6. The van der Waals surface area contributed by atoms with Crippen molar-refractivity contribution in [3.05, 3.63) is 35.5 Å². The third kappa shape index (κ3) is 3.75. The number of hydrogen-bond acceptors (Lipinski definition) is 6. The second kappa shape index (κ2) is 7.37. The van der Waals surface area contributed by atoms with Crippen molar-refractivity contribution in [3.63, 3.8) is 0 Å². The van der Waals surface area contributed by atoms with Crippen LogP contribution < -0.4 is 5.32 Å². The Morgan fingerprint density at radius 1 is 1.36 bits per heavy atom. The van der Waals surface area contributed by atoms with Crippen LogP contribution in [0, 0.1) is 6.92 Å². The number of nitrogens with one attached hydrogen (secondary N) is 1. The van der Waals surface area contributed by atoms with E-state index in [1.165, 1.54) is 0 Å². The molecule has 6 nitrogen and oxygen atoms in total. The Kier molecular flexibility index (Phi) is 5.20. The van der Waals surface area contributed by atoms with Crippen molar-refractivity contribution in [1.29, 1.82) is 0 Å². The van der Waals surface area contributed by atoms with E-state index in [0.29, 0.717) is 38.3 Å². The number of carbonyl (C=O) groups is 1. The van der Waals surface area contributed by atoms with Crippen molar-refractivity contribution < 1.29 is 19.0 Å². The number of anilines is 1. The van der Waals surface area contributed by atoms with Gasteiger partial charge >= 0.3 is 5.97 Å². The Hall–Kier alpha value is -2.18. The Labute approximate surface area is 147 Å². The van der Waals surface area contributed by atoms with Gasteiger partial charge in [-0.15, -0.1) is 0 Å². The predicted molar refractivity (Wildman–Crippen MR) is 95.9 cm³/mol. The van der Waals surface area contributed by atoms with Crippen LogP contribution in [-0.4, -0.2) is 43.1 Å². The molecule has 0 unspecified atom stereocenters. The van der Waals surface area contributed by atoms with Crippen molar-refractivity contribution >= 4 is 22.6 Å². The van der Waals surface area contributed by atoms with E-state index in [9.17, 15) is 4.79 Å². The molecule has 134 valence electrons. The van der Waals surface area contributed by atoms with Crippen LogP contribution in [0.15, 0.2) is 24.4 Å². The molecule has 2 aromatic rings. The second-order valence-corrected chi connectivity index (χ2v) is 6.25. The number of hydrogen-bond donors (Lipinski definition) is 1. The predicted octanol–water partition coefficient (Wildman–Crippen LogP) is 3.28. The van der Waals surface area contributed by atoms with E-state index in [4.69, 9.17) is 14.2 Å². The van der Waals surface area contributed by atoms with Crippen LogP contribution in [0.4, 0.5) is 5.69 Å². The minimum Gasteiger partial charge on any atom is -0.462 e. The van der Waals surface area contributed by atoms with Crippen molar-refractivity contribution in [2.75, 3.05) is 31.7 Å². The standard InChI is InChI=1S/C19H24N2O4/c1-4-23-18(22)15-12-21-16-13(2)6-5-7-14(16)17(15)20-9-8-19(3)24-10-11-25-19/h5-7,12H,4,8-11H2,1-3H3,(H,20,21). The number of carbonyl (C=O) groups excluding carboxylic acids is 1. The van der Waals surface area contributed by atoms with Gasteiger partial charge in [0.05, 0.1) is 31.0 Å². The van der Waals surface area contributed by atoms with Gasteiger partial charge in [0.1, 0.15) is 5.56 Å². The first-order valence-corrected chi connectivity index (χ1v) is 8.61. The SMILES string of the molecule is CCOC(=O)c1cnc2c(C)cccc2c1NCCC1(C)OCCO1. The molecule has 25 heavy (non-hydrogen) atoms. The summed E-state index contributed by atoms with van der Waals surface area (Å²) in [6, 6.07) is 5.93. The molecule has 1 N–H and O–H groups in total. The summed E-state index contributed by atoms with van der Waals surface area (Å²) in [5, 5.41) is 4.28. The lowest BCUT2D eigenvalue weighted by atomic mass is 10.1. The number of para-hydroxylation sites is 1. The summed E-state index contributed by atoms with van der Waals surface area (Å²) >= 11 is 0. The highest BCUT2D eigenvalue weighted by Crippen LogP contribution is 2.29. The maximum Gasteiger partial charge on any atom is 0.341 e. The molecule has 0 radical (unpaired) electrons. The summed E-state index contributed by atoms with van der Waals surface area (Å²) in [6.45, 7) is 7.89. The molecule has 0 bridgehead atoms. The Morgan fingerprint density at radius 2 is 2.12 bits per heavy atom. The second-order valence-electron chi connectivity index (χ2n) is 6.25. The fourth-order valence-corrected chi connectivity index (χ4v) is 3.04. The molecule has 2 heterocycles. The average Bonchev–Trinajstić information content (AvgIpc) is 3.02. The van der Waals surface area contributed by atoms with E-state index in [0.717, 1.165) is 22.2 Å². The van der Waals surface area contributed by atoms with Crippen LogP contribution >= 0.6 is 0 Å². The number of benzene rings is 1. The van der Waals surface area contributed by atoms with Gasteiger partial charge in [-0.3, -0.25) is 4.98 Å². The molecule has 0 spiro atoms. The molecule has 0 saturated carbocycles. The lowest BCUT2D eigenvalue weighted by Gasteiger charge is -2.23. The summed E-state index contributed by atoms with van der Waals surface area (Å²) in [4.78, 5) is 16.8. The molecule has 1 aliphatic rings. The minimum absolute atomic E-state index is 0.323. The first-order chi connectivity index (χ1) is 12.0. The van der Waals surface area contributed by atoms with Crippen LogP contribution in [0.3, 0.4) is 0 Å². The zero-order chi connectivity index (χ0) is 17.9. The average molecular weight is 344 g/mol. The third-order valence-electron chi connectivity index (χ3n) is 4.37. The van der Waals surface area contributed by atoms with E-state index >= 15 is 0 Å². The summed E-state index contributed by atoms with van der Waals surface area (Å²) in [6.07, 6.45) is 2.25. The smallest absolute Gasteiger partial charge is 0.341 e. The summed E-state index contributed by atoms with van der Waals surface area (Å²) in [5.74, 6) is -0.948. The van der Waals surface area contributed by atoms with Gasteiger partial charge in [0.25, 0.3) is 0 Å². The van der Waals surface area contributed by atoms with E-state index < -0.39 is 5.79 Å². The van der Waals surface area contributed by atoms with Crippen molar-refractivity contribution in [2.24, 2.45) is 0 Å². The fourth-order valence-electron chi connectivity index (χ4n) is 3.04. The number of nitrogens with zero attached hydrogens (tertiary/aromatic N) is 1. The summed E-state index contributed by atoms with van der Waals surface area (Å²) < 4.78 is 16.4. The van der Waals surface area contributed by atoms with Crippen LogP contribution in [0.2, 0.25) is 0 Å². The van der Waals surface area contributed by atoms with Gasteiger partial charge in [0.15, 0.2) is 5.79 Å². The summed E-state index contributed by atoms with van der Waals surface area (Å²) in [5.41, 5.74) is 3.12. The number of esters is 1. The van der Waals surface area contributed by atoms with Crippen molar-refractivity contribution in [3.8, 4) is 0 Å². The lowest BCUT2D eigenvalue weighted by molar-refractivity contribution is -0.144. The van der Waals surface area contributed by atoms with Crippen LogP contribution in [0.1, 0.15) is 36.2 Å². The molecule has 6 heteroatoms. The van der Waals surface area contributed by atoms with E-state index in [1.54, 1.807) is 13.1 Å². The number of pyridine rings is 1. The van der Waals surface area contributed by atoms with Gasteiger partial charge in [0.2, 0.25) is 0 Å². The number of fused-ring (bicyclic) bond motifs is 1. The molecule has 1 fully saturated rings. The zero-order valence-corrected chi connectivity index (χ0v) is 14.9. The Morgan fingerprint density at radius 3 is 2.84 bits per heavy atom. The molecular weight excluding hydrogens is 320 g/mol. The van der Waals surface area contributed by atoms with E-state index in [2.05, 4.69) is 10.3 Å². The van der Waals surface area contributed by atoms with Gasteiger partial charge < -0.3 is 19.5 Å². The minimum atomic E-state index is -0.574. The van der Waals surface area contributed by atoms with E-state index in [1.807, 2.05) is 32.0 Å². The Balaban J connectivity index is 1.90. The maximum absolute atomic E-state index is 12.3. The number of aromatic nitrogens is 1. The molecule has 1 aromatic carbocycles. The monoisotopic (exact) mass is 344 g/mol. The first-order valence-electron chi connectivity index (χ1n) is 8.61. The topological polar surface area (TPSA) is 69.7 Å².